The Kier molecular flexibility index (Phi) is 41.1. The van der Waals surface area contributed by atoms with Crippen molar-refractivity contribution in [1.29, 1.82) is 0 Å². The van der Waals surface area contributed by atoms with Crippen molar-refractivity contribution in [2.75, 3.05) is 72.4 Å². The van der Waals surface area contributed by atoms with Gasteiger partial charge in [0.25, 0.3) is 0 Å². The number of ether oxygens (including phenoxy) is 6. The van der Waals surface area contributed by atoms with Crippen molar-refractivity contribution in [2.24, 2.45) is 0 Å². The number of esters is 1. The first-order valence-corrected chi connectivity index (χ1v) is 28.0. The average Bonchev–Trinajstić information content (AvgIpc) is 3.99. The molecule has 0 aromatic rings. The maximum atomic E-state index is 12.4. The van der Waals surface area contributed by atoms with Crippen LogP contribution in [0.2, 0.25) is 0 Å². The van der Waals surface area contributed by atoms with Gasteiger partial charge in [-0.2, -0.15) is 0 Å². The van der Waals surface area contributed by atoms with E-state index in [1.165, 1.54) is 135 Å². The molecule has 0 spiro atoms. The number of rotatable bonds is 49. The number of hydrogen-bond acceptors (Lipinski definition) is 11. The number of aliphatic hydroxyl groups is 2. The lowest BCUT2D eigenvalue weighted by molar-refractivity contribution is -0.166. The van der Waals surface area contributed by atoms with Crippen molar-refractivity contribution >= 4 is 5.97 Å². The fourth-order valence-corrected chi connectivity index (χ4v) is 9.23. The molecule has 11 nitrogen and oxygen atoms in total. The summed E-state index contributed by atoms with van der Waals surface area (Å²) in [6, 6.07) is -0.105. The summed E-state index contributed by atoms with van der Waals surface area (Å²) >= 11 is 0. The summed E-state index contributed by atoms with van der Waals surface area (Å²) in [5, 5.41) is 21.9. The summed E-state index contributed by atoms with van der Waals surface area (Å²) < 4.78 is 36.0. The Bertz CT molecular complexity index is 1000. The maximum absolute atomic E-state index is 12.4. The van der Waals surface area contributed by atoms with E-state index >= 15 is 0 Å². The van der Waals surface area contributed by atoms with Crippen LogP contribution in [0.4, 0.5) is 0 Å². The molecular weight excluding hydrogens is 821 g/mol. The summed E-state index contributed by atoms with van der Waals surface area (Å²) in [5.41, 5.74) is 0. The minimum absolute atomic E-state index is 0.0744. The smallest absolute Gasteiger partial charge is 0.305 e. The molecule has 0 saturated carbocycles. The van der Waals surface area contributed by atoms with Gasteiger partial charge in [-0.15, -0.1) is 0 Å². The molecule has 0 aromatic carbocycles. The normalized spacial score (nSPS) is 18.1. The van der Waals surface area contributed by atoms with E-state index < -0.39 is 12.6 Å². The Morgan fingerprint density at radius 2 is 1.02 bits per heavy atom. The zero-order valence-electron chi connectivity index (χ0n) is 42.9. The minimum Gasteiger partial charge on any atom is -0.466 e. The molecule has 2 aliphatic rings. The third kappa shape index (κ3) is 35.0. The first-order chi connectivity index (χ1) is 32.0. The van der Waals surface area contributed by atoms with Gasteiger partial charge in [-0.05, 0) is 96.7 Å². The molecule has 0 radical (unpaired) electrons. The van der Waals surface area contributed by atoms with Gasteiger partial charge in [0.2, 0.25) is 0 Å². The van der Waals surface area contributed by atoms with Crippen molar-refractivity contribution in [1.82, 2.24) is 9.80 Å². The third-order valence-electron chi connectivity index (χ3n) is 13.4. The van der Waals surface area contributed by atoms with Crippen LogP contribution in [0, 0.1) is 0 Å². The maximum Gasteiger partial charge on any atom is 0.305 e. The zero-order valence-corrected chi connectivity index (χ0v) is 42.9. The van der Waals surface area contributed by atoms with E-state index in [-0.39, 0.29) is 24.4 Å². The SMILES string of the molecule is CCCCCCCCCCCOC(=O)CCCCCN1CC(OCCCN2CCCC2)CC1C(O)OCCCCCOC(O)CCC(OCCCCCCCC)OCCCCCCCC. The van der Waals surface area contributed by atoms with Gasteiger partial charge in [0, 0.05) is 65.4 Å². The molecular formula is C54H106N2O9. The van der Waals surface area contributed by atoms with Crippen LogP contribution in [0.15, 0.2) is 0 Å². The first kappa shape index (κ1) is 60.2. The molecule has 2 aliphatic heterocycles. The molecule has 0 aliphatic carbocycles. The number of aliphatic hydroxyl groups excluding tert-OH is 2. The van der Waals surface area contributed by atoms with Gasteiger partial charge in [-0.3, -0.25) is 9.69 Å². The zero-order chi connectivity index (χ0) is 46.7. The van der Waals surface area contributed by atoms with Crippen molar-refractivity contribution in [2.45, 2.75) is 270 Å². The van der Waals surface area contributed by atoms with Gasteiger partial charge in [0.1, 0.15) is 0 Å². The van der Waals surface area contributed by atoms with Gasteiger partial charge < -0.3 is 43.5 Å². The second-order valence-corrected chi connectivity index (χ2v) is 19.5. The highest BCUT2D eigenvalue weighted by molar-refractivity contribution is 5.69. The van der Waals surface area contributed by atoms with E-state index in [0.717, 1.165) is 103 Å². The first-order valence-electron chi connectivity index (χ1n) is 28.0. The molecule has 2 N–H and O–H groups in total. The molecule has 2 saturated heterocycles. The lowest BCUT2D eigenvalue weighted by Gasteiger charge is -2.28. The van der Waals surface area contributed by atoms with E-state index in [0.29, 0.717) is 52.3 Å². The molecule has 0 amide bonds. The predicted octanol–water partition coefficient (Wildman–Crippen LogP) is 12.3. The van der Waals surface area contributed by atoms with Gasteiger partial charge in [0.05, 0.1) is 18.8 Å². The highest BCUT2D eigenvalue weighted by Gasteiger charge is 2.37. The fraction of sp³-hybridized carbons (Fsp3) is 0.981. The minimum atomic E-state index is -0.873. The summed E-state index contributed by atoms with van der Waals surface area (Å²) in [4.78, 5) is 17.2. The molecule has 65 heavy (non-hydrogen) atoms. The van der Waals surface area contributed by atoms with Crippen molar-refractivity contribution in [3.05, 3.63) is 0 Å². The van der Waals surface area contributed by atoms with E-state index in [1.807, 2.05) is 0 Å². The molecule has 2 heterocycles. The Morgan fingerprint density at radius 3 is 1.60 bits per heavy atom. The average molecular weight is 927 g/mol. The fourth-order valence-electron chi connectivity index (χ4n) is 9.23. The Balaban J connectivity index is 1.64. The molecule has 0 bridgehead atoms. The van der Waals surface area contributed by atoms with Gasteiger partial charge in [-0.25, -0.2) is 0 Å². The van der Waals surface area contributed by atoms with Crippen molar-refractivity contribution in [3.63, 3.8) is 0 Å². The summed E-state index contributed by atoms with van der Waals surface area (Å²) in [5.74, 6) is -0.0744. The Labute approximate surface area is 400 Å². The standard InChI is InChI=1S/C54H106N2O9/c1-4-7-10-13-16-17-18-21-28-41-61-51(57)34-24-22-25-40-56-48-49(60-46-33-39-55-37-26-27-38-55)47-50(56)54(59)65-45-32-23-31-42-62-52(58)35-36-53(63-43-29-19-14-11-8-5-2)64-44-30-20-15-12-9-6-3/h49-50,52-54,58-59H,4-48H2,1-3H3. The van der Waals surface area contributed by atoms with E-state index in [1.54, 1.807) is 0 Å². The summed E-state index contributed by atoms with van der Waals surface area (Å²) in [6.45, 7) is 15.6. The largest absolute Gasteiger partial charge is 0.466 e. The quantitative estimate of drug-likeness (QED) is 0.0345. The van der Waals surface area contributed by atoms with E-state index in [9.17, 15) is 15.0 Å². The Hall–Kier alpha value is -0.890. The molecule has 2 fully saturated rings. The number of likely N-dealkylation sites (tertiary alicyclic amines) is 2. The third-order valence-corrected chi connectivity index (χ3v) is 13.4. The van der Waals surface area contributed by atoms with E-state index in [4.69, 9.17) is 28.4 Å². The summed E-state index contributed by atoms with van der Waals surface area (Å²) in [6.07, 6.45) is 35.4. The van der Waals surface area contributed by atoms with Gasteiger partial charge in [0.15, 0.2) is 18.9 Å². The Morgan fingerprint density at radius 1 is 0.523 bits per heavy atom. The van der Waals surface area contributed by atoms with Crippen LogP contribution in [0.5, 0.6) is 0 Å². The van der Waals surface area contributed by atoms with Crippen LogP contribution >= 0.6 is 0 Å². The number of hydrogen-bond donors (Lipinski definition) is 2. The van der Waals surface area contributed by atoms with Gasteiger partial charge in [-0.1, -0.05) is 143 Å². The number of carbonyl (C=O) groups excluding carboxylic acids is 1. The van der Waals surface area contributed by atoms with Crippen molar-refractivity contribution < 1.29 is 43.4 Å². The highest BCUT2D eigenvalue weighted by Crippen LogP contribution is 2.25. The number of unbranched alkanes of at least 4 members (excludes halogenated alkanes) is 22. The lowest BCUT2D eigenvalue weighted by atomic mass is 10.1. The van der Waals surface area contributed by atoms with Crippen LogP contribution < -0.4 is 0 Å². The summed E-state index contributed by atoms with van der Waals surface area (Å²) in [7, 11) is 0. The number of nitrogens with zero attached hydrogens (tertiary/aromatic N) is 2. The van der Waals surface area contributed by atoms with Crippen LogP contribution in [-0.2, 0) is 33.2 Å². The van der Waals surface area contributed by atoms with Crippen LogP contribution in [-0.4, -0.2) is 129 Å². The topological polar surface area (TPSA) is 119 Å². The number of carbonyl (C=O) groups is 1. The molecule has 0 aromatic heterocycles. The van der Waals surface area contributed by atoms with Crippen LogP contribution in [0.1, 0.15) is 239 Å². The van der Waals surface area contributed by atoms with E-state index in [2.05, 4.69) is 30.6 Å². The predicted molar refractivity (Wildman–Crippen MR) is 266 cm³/mol. The van der Waals surface area contributed by atoms with Crippen LogP contribution in [0.25, 0.3) is 0 Å². The second-order valence-electron chi connectivity index (χ2n) is 19.5. The molecule has 11 heteroatoms. The second kappa shape index (κ2) is 44.3. The molecule has 4 unspecified atom stereocenters. The monoisotopic (exact) mass is 927 g/mol. The van der Waals surface area contributed by atoms with Crippen LogP contribution in [0.3, 0.4) is 0 Å². The van der Waals surface area contributed by atoms with Gasteiger partial charge >= 0.3 is 5.97 Å². The van der Waals surface area contributed by atoms with Crippen molar-refractivity contribution in [3.8, 4) is 0 Å². The molecule has 4 atom stereocenters. The highest BCUT2D eigenvalue weighted by atomic mass is 16.7. The molecule has 386 valence electrons. The molecule has 2 rings (SSSR count). The lowest BCUT2D eigenvalue weighted by Crippen LogP contribution is -2.41.